The first kappa shape index (κ1) is 22.5. The number of ether oxygens (including phenoxy) is 1. The maximum Gasteiger partial charge on any atom is 0.412 e. The van der Waals surface area contributed by atoms with Crippen LogP contribution in [-0.4, -0.2) is 23.5 Å². The molecule has 0 bridgehead atoms. The molecule has 1 heterocycles. The summed E-state index contributed by atoms with van der Waals surface area (Å²) in [6.45, 7) is 5.06. The second kappa shape index (κ2) is 9.34. The van der Waals surface area contributed by atoms with E-state index in [-0.39, 0.29) is 17.1 Å². The van der Waals surface area contributed by atoms with Crippen LogP contribution >= 0.6 is 0 Å². The summed E-state index contributed by atoms with van der Waals surface area (Å²) in [5, 5.41) is 7.60. The third-order valence-electron chi connectivity index (χ3n) is 4.01. The fraction of sp³-hybridized carbons (Fsp3) is 0.174. The van der Waals surface area contributed by atoms with Gasteiger partial charge in [-0.25, -0.2) is 9.18 Å². The lowest BCUT2D eigenvalue weighted by Gasteiger charge is -2.20. The van der Waals surface area contributed by atoms with Gasteiger partial charge in [0.05, 0.1) is 12.0 Å². The molecule has 0 radical (unpaired) electrons. The van der Waals surface area contributed by atoms with Crippen LogP contribution in [-0.2, 0) is 4.74 Å². The summed E-state index contributed by atoms with van der Waals surface area (Å²) in [4.78, 5) is 36.4. The lowest BCUT2D eigenvalue weighted by molar-refractivity contribution is 0.0635. The SMILES string of the molecule is CC(C)(C)OC(=O)Nc1cc(NC(=O)c2ccc(NC(=O)c3ccco3)cc2)ccc1F. The van der Waals surface area contributed by atoms with Crippen LogP contribution in [0.3, 0.4) is 0 Å². The van der Waals surface area contributed by atoms with Crippen molar-refractivity contribution in [2.45, 2.75) is 26.4 Å². The molecule has 0 aliphatic rings. The Hall–Kier alpha value is -4.14. The van der Waals surface area contributed by atoms with Gasteiger partial charge in [-0.2, -0.15) is 0 Å². The van der Waals surface area contributed by atoms with Gasteiger partial charge < -0.3 is 19.8 Å². The predicted octanol–water partition coefficient (Wildman–Crippen LogP) is 5.27. The maximum absolute atomic E-state index is 14.0. The highest BCUT2D eigenvalue weighted by Gasteiger charge is 2.18. The van der Waals surface area contributed by atoms with Gasteiger partial charge in [0.15, 0.2) is 5.76 Å². The number of benzene rings is 2. The fourth-order valence-corrected chi connectivity index (χ4v) is 2.62. The molecule has 3 aromatic rings. The second-order valence-corrected chi connectivity index (χ2v) is 7.78. The van der Waals surface area contributed by atoms with Crippen LogP contribution in [0.25, 0.3) is 0 Å². The van der Waals surface area contributed by atoms with E-state index in [2.05, 4.69) is 16.0 Å². The van der Waals surface area contributed by atoms with Gasteiger partial charge >= 0.3 is 6.09 Å². The van der Waals surface area contributed by atoms with Crippen LogP contribution in [0.1, 0.15) is 41.7 Å². The zero-order valence-corrected chi connectivity index (χ0v) is 17.7. The van der Waals surface area contributed by atoms with Gasteiger partial charge in [0.25, 0.3) is 11.8 Å². The van der Waals surface area contributed by atoms with E-state index < -0.39 is 29.3 Å². The molecular formula is C23H22FN3O5. The van der Waals surface area contributed by atoms with E-state index in [0.29, 0.717) is 11.3 Å². The topological polar surface area (TPSA) is 110 Å². The number of rotatable bonds is 5. The van der Waals surface area contributed by atoms with Gasteiger partial charge in [0, 0.05) is 16.9 Å². The van der Waals surface area contributed by atoms with E-state index in [1.165, 1.54) is 36.6 Å². The van der Waals surface area contributed by atoms with E-state index >= 15 is 0 Å². The molecule has 0 spiro atoms. The van der Waals surface area contributed by atoms with Crippen LogP contribution in [0.5, 0.6) is 0 Å². The number of amides is 3. The molecule has 0 atom stereocenters. The first-order chi connectivity index (χ1) is 15.1. The Kier molecular flexibility index (Phi) is 6.58. The number of carbonyl (C=O) groups is 3. The summed E-state index contributed by atoms with van der Waals surface area (Å²) in [5.41, 5.74) is 0.196. The molecule has 1 aromatic heterocycles. The number of hydrogen-bond donors (Lipinski definition) is 3. The molecule has 9 heteroatoms. The zero-order chi connectivity index (χ0) is 23.3. The number of anilines is 3. The minimum Gasteiger partial charge on any atom is -0.459 e. The number of nitrogens with one attached hydrogen (secondary N) is 3. The number of carbonyl (C=O) groups excluding carboxylic acids is 3. The van der Waals surface area contributed by atoms with Crippen LogP contribution in [0.2, 0.25) is 0 Å². The van der Waals surface area contributed by atoms with Crippen molar-refractivity contribution in [2.75, 3.05) is 16.0 Å². The molecule has 0 saturated carbocycles. The summed E-state index contributed by atoms with van der Waals surface area (Å²) in [7, 11) is 0. The first-order valence-electron chi connectivity index (χ1n) is 9.66. The Morgan fingerprint density at radius 1 is 0.875 bits per heavy atom. The first-order valence-corrected chi connectivity index (χ1v) is 9.66. The molecule has 0 unspecified atom stereocenters. The molecule has 0 fully saturated rings. The number of furan rings is 1. The molecule has 0 aliphatic heterocycles. The Morgan fingerprint density at radius 2 is 1.53 bits per heavy atom. The highest BCUT2D eigenvalue weighted by Crippen LogP contribution is 2.22. The maximum atomic E-state index is 14.0. The molecule has 166 valence electrons. The minimum atomic E-state index is -0.813. The Balaban J connectivity index is 1.64. The van der Waals surface area contributed by atoms with Gasteiger partial charge in [0.2, 0.25) is 0 Å². The summed E-state index contributed by atoms with van der Waals surface area (Å²) in [5.74, 6) is -1.38. The second-order valence-electron chi connectivity index (χ2n) is 7.78. The van der Waals surface area contributed by atoms with Crippen molar-refractivity contribution < 1.29 is 27.9 Å². The largest absolute Gasteiger partial charge is 0.459 e. The zero-order valence-electron chi connectivity index (χ0n) is 17.7. The summed E-state index contributed by atoms with van der Waals surface area (Å²) in [6.07, 6.45) is 0.582. The van der Waals surface area contributed by atoms with Gasteiger partial charge in [-0.1, -0.05) is 0 Å². The van der Waals surface area contributed by atoms with Crippen LogP contribution in [0, 0.1) is 5.82 Å². The highest BCUT2D eigenvalue weighted by molar-refractivity contribution is 6.06. The van der Waals surface area contributed by atoms with Crippen molar-refractivity contribution in [1.29, 1.82) is 0 Å². The third kappa shape index (κ3) is 6.18. The molecule has 2 aromatic carbocycles. The van der Waals surface area contributed by atoms with Gasteiger partial charge in [-0.15, -0.1) is 0 Å². The smallest absolute Gasteiger partial charge is 0.412 e. The van der Waals surface area contributed by atoms with Gasteiger partial charge in [-0.3, -0.25) is 14.9 Å². The van der Waals surface area contributed by atoms with Crippen LogP contribution in [0.15, 0.2) is 65.3 Å². The number of halogens is 1. The van der Waals surface area contributed by atoms with E-state index in [1.54, 1.807) is 39.0 Å². The third-order valence-corrected chi connectivity index (χ3v) is 4.01. The monoisotopic (exact) mass is 439 g/mol. The van der Waals surface area contributed by atoms with Crippen molar-refractivity contribution in [3.8, 4) is 0 Å². The summed E-state index contributed by atoms with van der Waals surface area (Å²) >= 11 is 0. The molecular weight excluding hydrogens is 417 g/mol. The van der Waals surface area contributed by atoms with Crippen molar-refractivity contribution in [2.24, 2.45) is 0 Å². The van der Waals surface area contributed by atoms with Crippen LogP contribution in [0.4, 0.5) is 26.2 Å². The summed E-state index contributed by atoms with van der Waals surface area (Å²) < 4.78 is 24.2. The van der Waals surface area contributed by atoms with E-state index in [0.717, 1.165) is 6.07 Å². The lowest BCUT2D eigenvalue weighted by atomic mass is 10.1. The van der Waals surface area contributed by atoms with Crippen molar-refractivity contribution in [3.05, 3.63) is 78.0 Å². The minimum absolute atomic E-state index is 0.131. The molecule has 3 rings (SSSR count). The van der Waals surface area contributed by atoms with Crippen LogP contribution < -0.4 is 16.0 Å². The van der Waals surface area contributed by atoms with Gasteiger partial charge in [0.1, 0.15) is 11.4 Å². The van der Waals surface area contributed by atoms with Crippen molar-refractivity contribution >= 4 is 35.0 Å². The van der Waals surface area contributed by atoms with E-state index in [9.17, 15) is 18.8 Å². The Bertz CT molecular complexity index is 1120. The molecule has 3 amide bonds. The average molecular weight is 439 g/mol. The van der Waals surface area contributed by atoms with E-state index in [4.69, 9.17) is 9.15 Å². The Labute approximate surface area is 183 Å². The molecule has 3 N–H and O–H groups in total. The molecule has 0 saturated heterocycles. The van der Waals surface area contributed by atoms with Gasteiger partial charge in [-0.05, 0) is 75.4 Å². The number of hydrogen-bond acceptors (Lipinski definition) is 5. The standard InChI is InChI=1S/C23H22FN3O5/c1-23(2,3)32-22(30)27-18-13-16(10-11-17(18)24)26-20(28)14-6-8-15(9-7-14)25-21(29)19-5-4-12-31-19/h4-13H,1-3H3,(H,25,29)(H,26,28)(H,27,30). The molecule has 32 heavy (non-hydrogen) atoms. The quantitative estimate of drug-likeness (QED) is 0.502. The summed E-state index contributed by atoms with van der Waals surface area (Å²) in [6, 6.07) is 13.1. The average Bonchev–Trinajstić information content (AvgIpc) is 3.24. The Morgan fingerprint density at radius 3 is 2.16 bits per heavy atom. The predicted molar refractivity (Wildman–Crippen MR) is 117 cm³/mol. The normalized spacial score (nSPS) is 10.9. The van der Waals surface area contributed by atoms with E-state index in [1.807, 2.05) is 0 Å². The van der Waals surface area contributed by atoms with Crippen molar-refractivity contribution in [3.63, 3.8) is 0 Å². The van der Waals surface area contributed by atoms with Crippen molar-refractivity contribution in [1.82, 2.24) is 0 Å². The lowest BCUT2D eigenvalue weighted by Crippen LogP contribution is -2.27. The molecule has 8 nitrogen and oxygen atoms in total. The fourth-order valence-electron chi connectivity index (χ4n) is 2.62. The highest BCUT2D eigenvalue weighted by atomic mass is 19.1. The molecule has 0 aliphatic carbocycles.